The van der Waals surface area contributed by atoms with Gasteiger partial charge in [-0.1, -0.05) is 0 Å². The Hall–Kier alpha value is -1.25. The van der Waals surface area contributed by atoms with Gasteiger partial charge in [-0.2, -0.15) is 0 Å². The Morgan fingerprint density at radius 1 is 1.24 bits per heavy atom. The number of carbonyl (C=O) groups is 1. The van der Waals surface area contributed by atoms with Crippen LogP contribution in [0.5, 0.6) is 0 Å². The zero-order valence-corrected chi connectivity index (χ0v) is 22.9. The van der Waals surface area contributed by atoms with Crippen LogP contribution in [0.4, 0.5) is 10.7 Å². The average Bonchev–Trinajstić information content (AvgIpc) is 3.34. The topological polar surface area (TPSA) is 123 Å². The molecule has 192 valence electrons. The molecule has 0 radical (unpaired) electrons. The van der Waals surface area contributed by atoms with Crippen LogP contribution < -0.4 is 10.6 Å². The first-order valence-electron chi connectivity index (χ1n) is 11.9. The van der Waals surface area contributed by atoms with Gasteiger partial charge in [-0.25, -0.2) is 0 Å². The second-order valence-corrected chi connectivity index (χ2v) is 17.4. The van der Waals surface area contributed by atoms with Gasteiger partial charge in [-0.3, -0.25) is 0 Å². The van der Waals surface area contributed by atoms with Crippen molar-refractivity contribution >= 4 is 41.9 Å². The van der Waals surface area contributed by atoms with E-state index < -0.39 is 29.8 Å². The molecule has 3 fully saturated rings. The number of hydrogen-bond acceptors (Lipinski definition) is 8. The summed E-state index contributed by atoms with van der Waals surface area (Å²) in [6.07, 6.45) is 8.50. The minimum atomic E-state index is -3.22. The van der Waals surface area contributed by atoms with E-state index in [1.165, 1.54) is 3.57 Å². The molecule has 10 nitrogen and oxygen atoms in total. The molecule has 0 unspecified atom stereocenters. The van der Waals surface area contributed by atoms with E-state index in [4.69, 9.17) is 9.47 Å². The van der Waals surface area contributed by atoms with E-state index in [1.54, 1.807) is 11.4 Å². The van der Waals surface area contributed by atoms with Gasteiger partial charge in [-0.15, -0.1) is 0 Å². The molecule has 1 atom stereocenters. The van der Waals surface area contributed by atoms with Crippen molar-refractivity contribution in [3.63, 3.8) is 0 Å². The van der Waals surface area contributed by atoms with Gasteiger partial charge >= 0.3 is 192 Å². The SMILES string of the molecule is COCCCS(=O)(=O)N1CCC(Nc2ncc(I3CC[C@H](OC(=O)NC4(C)CC4)C3)cn2)CC1. The van der Waals surface area contributed by atoms with Crippen LogP contribution in [-0.4, -0.2) is 87.9 Å². The average molecular weight is 610 g/mol. The van der Waals surface area contributed by atoms with Crippen LogP contribution in [0.2, 0.25) is 0 Å². The van der Waals surface area contributed by atoms with Crippen LogP contribution in [0.1, 0.15) is 45.4 Å². The van der Waals surface area contributed by atoms with Crippen molar-refractivity contribution in [1.82, 2.24) is 19.6 Å². The molecule has 4 rings (SSSR count). The summed E-state index contributed by atoms with van der Waals surface area (Å²) < 4.78 is 40.3. The number of alkyl halides is 2. The third-order valence-corrected chi connectivity index (χ3v) is 14.8. The summed E-state index contributed by atoms with van der Waals surface area (Å²) in [5.41, 5.74) is -0.0560. The van der Waals surface area contributed by atoms with Crippen LogP contribution in [0.15, 0.2) is 12.4 Å². The number of rotatable bonds is 10. The molecule has 3 aliphatic rings. The Bertz CT molecular complexity index is 936. The Balaban J connectivity index is 1.20. The number of sulfonamides is 1. The molecule has 1 aliphatic carbocycles. The van der Waals surface area contributed by atoms with Crippen molar-refractivity contribution in [3.05, 3.63) is 16.0 Å². The number of anilines is 1. The molecule has 1 saturated carbocycles. The molecule has 1 aromatic heterocycles. The molecule has 0 bridgehead atoms. The van der Waals surface area contributed by atoms with Gasteiger partial charge in [0.25, 0.3) is 0 Å². The number of halogens is 1. The third-order valence-electron chi connectivity index (χ3n) is 6.56. The van der Waals surface area contributed by atoms with Gasteiger partial charge in [0.15, 0.2) is 0 Å². The van der Waals surface area contributed by atoms with Crippen molar-refractivity contribution in [2.45, 2.75) is 63.1 Å². The van der Waals surface area contributed by atoms with Gasteiger partial charge in [0.05, 0.1) is 0 Å². The summed E-state index contributed by atoms with van der Waals surface area (Å²) in [5, 5.41) is 6.32. The number of nitrogens with one attached hydrogen (secondary N) is 2. The molecule has 0 aromatic carbocycles. The van der Waals surface area contributed by atoms with Crippen molar-refractivity contribution in [2.75, 3.05) is 46.7 Å². The fourth-order valence-corrected chi connectivity index (χ4v) is 11.5. The number of amides is 1. The molecule has 1 aromatic rings. The van der Waals surface area contributed by atoms with E-state index in [-0.39, 0.29) is 29.5 Å². The van der Waals surface area contributed by atoms with Gasteiger partial charge in [0, 0.05) is 13.7 Å². The third kappa shape index (κ3) is 7.14. The monoisotopic (exact) mass is 609 g/mol. The molecule has 12 heteroatoms. The molecule has 2 saturated heterocycles. The number of carbonyl (C=O) groups excluding carboxylic acids is 1. The van der Waals surface area contributed by atoms with Crippen LogP contribution in [0, 0.1) is 3.57 Å². The fraction of sp³-hybridized carbons (Fsp3) is 0.773. The first-order chi connectivity index (χ1) is 16.3. The summed E-state index contributed by atoms with van der Waals surface area (Å²) in [6.45, 7) is 3.52. The maximum atomic E-state index is 12.4. The van der Waals surface area contributed by atoms with Gasteiger partial charge in [0.2, 0.25) is 0 Å². The van der Waals surface area contributed by atoms with Crippen molar-refractivity contribution in [2.24, 2.45) is 0 Å². The summed E-state index contributed by atoms with van der Waals surface area (Å²) in [6, 6.07) is 0.159. The van der Waals surface area contributed by atoms with Crippen molar-refractivity contribution in [3.8, 4) is 0 Å². The molecule has 2 aliphatic heterocycles. The molecular formula is C22H36IN5O5S. The number of alkyl carbamates (subject to hydrolysis) is 1. The second kappa shape index (κ2) is 11.2. The van der Waals surface area contributed by atoms with E-state index in [0.717, 1.165) is 41.0 Å². The molecule has 2 N–H and O–H groups in total. The summed E-state index contributed by atoms with van der Waals surface area (Å²) >= 11 is -1.43. The van der Waals surface area contributed by atoms with E-state index in [9.17, 15) is 13.2 Å². The number of hydrogen-bond donors (Lipinski definition) is 2. The Kier molecular flexibility index (Phi) is 8.52. The summed E-state index contributed by atoms with van der Waals surface area (Å²) in [7, 11) is -1.64. The van der Waals surface area contributed by atoms with Crippen LogP contribution >= 0.6 is 19.8 Å². The zero-order chi connectivity index (χ0) is 24.2. The zero-order valence-electron chi connectivity index (χ0n) is 20.0. The fourth-order valence-electron chi connectivity index (χ4n) is 4.14. The Labute approximate surface area is 209 Å². The number of methoxy groups -OCH3 is 1. The van der Waals surface area contributed by atoms with Crippen molar-refractivity contribution < 1.29 is 22.7 Å². The van der Waals surface area contributed by atoms with E-state index >= 15 is 0 Å². The minimum absolute atomic E-state index is 0.00122. The number of aromatic nitrogens is 2. The molecule has 0 spiro atoms. The van der Waals surface area contributed by atoms with Crippen LogP contribution in [-0.2, 0) is 19.5 Å². The molecular weight excluding hydrogens is 573 g/mol. The number of ether oxygens (including phenoxy) is 2. The Morgan fingerprint density at radius 2 is 1.94 bits per heavy atom. The normalized spacial score (nSPS) is 24.1. The number of piperidine rings is 1. The molecule has 3 heterocycles. The van der Waals surface area contributed by atoms with Gasteiger partial charge in [-0.05, 0) is 0 Å². The van der Waals surface area contributed by atoms with E-state index in [0.29, 0.717) is 32.1 Å². The van der Waals surface area contributed by atoms with Crippen molar-refractivity contribution in [1.29, 1.82) is 0 Å². The van der Waals surface area contributed by atoms with E-state index in [1.807, 2.05) is 19.3 Å². The summed E-state index contributed by atoms with van der Waals surface area (Å²) in [5.74, 6) is 0.718. The quantitative estimate of drug-likeness (QED) is 0.236. The Morgan fingerprint density at radius 3 is 2.59 bits per heavy atom. The first-order valence-corrected chi connectivity index (χ1v) is 17.7. The molecule has 34 heavy (non-hydrogen) atoms. The maximum absolute atomic E-state index is 12.4. The first kappa shape index (κ1) is 25.8. The van der Waals surface area contributed by atoms with Gasteiger partial charge in [0.1, 0.15) is 0 Å². The van der Waals surface area contributed by atoms with Crippen LogP contribution in [0.25, 0.3) is 0 Å². The van der Waals surface area contributed by atoms with Gasteiger partial charge < -0.3 is 4.74 Å². The predicted molar refractivity (Wildman–Crippen MR) is 139 cm³/mol. The predicted octanol–water partition coefficient (Wildman–Crippen LogP) is 2.45. The summed E-state index contributed by atoms with van der Waals surface area (Å²) in [4.78, 5) is 21.1. The van der Waals surface area contributed by atoms with Crippen LogP contribution in [0.3, 0.4) is 0 Å². The van der Waals surface area contributed by atoms with E-state index in [2.05, 4.69) is 20.6 Å². The number of nitrogens with zero attached hydrogens (tertiary/aromatic N) is 3. The standard InChI is InChI=1S/C22H36IN5O5S/c1-22(7-8-22)27-21(29)33-19-4-9-23(14-19)17-15-24-20(25-16-17)26-18-5-10-28(11-6-18)34(30,31)13-3-12-32-2/h15-16,18-19H,3-14H2,1-2H3,(H,27,29)(H,24,25,26)/t19-/m0/s1. The molecule has 1 amide bonds. The second-order valence-electron chi connectivity index (χ2n) is 9.51.